The van der Waals surface area contributed by atoms with E-state index in [-0.39, 0.29) is 0 Å². The second kappa shape index (κ2) is 4.18. The van der Waals surface area contributed by atoms with Crippen molar-refractivity contribution in [3.05, 3.63) is 37.0 Å². The molecular weight excluding hydrogens is 379 g/mol. The molecule has 0 aliphatic heterocycles. The molecule has 0 fully saturated rings. The van der Waals surface area contributed by atoms with E-state index in [4.69, 9.17) is 0 Å². The van der Waals surface area contributed by atoms with E-state index in [1.807, 2.05) is 0 Å². The van der Waals surface area contributed by atoms with E-state index in [1.54, 1.807) is 0 Å². The summed E-state index contributed by atoms with van der Waals surface area (Å²) in [4.78, 5) is 0. The standard InChI is InChI=1S/C10H15Si.3CH3.Pt/c1-4-9-11(2,3)10-7-5-6-8-10;;;;/h4-8H,1,9H2,2-3H3;3*1H3;. The topological polar surface area (TPSA) is 0 Å². The summed E-state index contributed by atoms with van der Waals surface area (Å²) in [6.45, 7) is 8.97. The van der Waals surface area contributed by atoms with Crippen LogP contribution in [0.2, 0.25) is 38.5 Å². The maximum absolute atomic E-state index is 3.94. The molecule has 2 heteroatoms. The van der Waals surface area contributed by atoms with Crippen molar-refractivity contribution in [2.45, 2.75) is 38.5 Å². The first-order valence-corrected chi connectivity index (χ1v) is 16.3. The molecule has 0 radical (unpaired) electrons. The molecule has 0 N–H and O–H groups in total. The van der Waals surface area contributed by atoms with Crippen LogP contribution in [0.5, 0.6) is 0 Å². The van der Waals surface area contributed by atoms with Gasteiger partial charge in [0.1, 0.15) is 0 Å². The fraction of sp³-hybridized carbons (Fsp3) is 0.538. The van der Waals surface area contributed by atoms with Crippen LogP contribution >= 0.6 is 0 Å². The predicted octanol–water partition coefficient (Wildman–Crippen LogP) is 5.00. The van der Waals surface area contributed by atoms with Crippen molar-refractivity contribution in [3.8, 4) is 0 Å². The van der Waals surface area contributed by atoms with Crippen molar-refractivity contribution < 1.29 is 16.1 Å². The van der Waals surface area contributed by atoms with Crippen molar-refractivity contribution >= 4 is 8.07 Å². The van der Waals surface area contributed by atoms with Crippen LogP contribution in [0.4, 0.5) is 0 Å². The van der Waals surface area contributed by atoms with Crippen molar-refractivity contribution in [1.82, 2.24) is 0 Å². The zero-order valence-corrected chi connectivity index (χ0v) is 13.9. The molecule has 15 heavy (non-hydrogen) atoms. The van der Waals surface area contributed by atoms with Crippen LogP contribution in [-0.4, -0.2) is 8.07 Å². The zero-order valence-electron chi connectivity index (χ0n) is 10.6. The first kappa shape index (κ1) is 13.2. The normalized spacial score (nSPS) is 20.6. The SMILES string of the molecule is C=CC[Si](C)(C)[C]1([Pt]([CH3])([CH3])[CH3])C=CC=C1. The Labute approximate surface area is 99.4 Å². The van der Waals surface area contributed by atoms with E-state index < -0.39 is 24.1 Å². The van der Waals surface area contributed by atoms with Gasteiger partial charge in [-0.3, -0.25) is 0 Å². The molecule has 0 atom stereocenters. The minimum atomic E-state index is -1.66. The third kappa shape index (κ3) is 2.14. The molecule has 0 aromatic carbocycles. The van der Waals surface area contributed by atoms with E-state index in [0.717, 1.165) is 0 Å². The summed E-state index contributed by atoms with van der Waals surface area (Å²) in [7, 11) is -1.27. The Morgan fingerprint density at radius 1 is 1.20 bits per heavy atom. The van der Waals surface area contributed by atoms with Gasteiger partial charge in [0.15, 0.2) is 0 Å². The molecule has 1 rings (SSSR count). The number of hydrogen-bond acceptors (Lipinski definition) is 0. The first-order chi connectivity index (χ1) is 6.77. The van der Waals surface area contributed by atoms with Crippen molar-refractivity contribution in [2.75, 3.05) is 0 Å². The predicted molar refractivity (Wildman–Crippen MR) is 71.1 cm³/mol. The second-order valence-corrected chi connectivity index (χ2v) is 23.4. The van der Waals surface area contributed by atoms with Crippen LogP contribution in [-0.2, 0) is 16.1 Å². The molecule has 0 bridgehead atoms. The molecule has 0 nitrogen and oxygen atoms in total. The van der Waals surface area contributed by atoms with Gasteiger partial charge >= 0.3 is 99.6 Å². The number of rotatable bonds is 4. The quantitative estimate of drug-likeness (QED) is 0.458. The van der Waals surface area contributed by atoms with Crippen LogP contribution in [0.15, 0.2) is 37.0 Å². The average Bonchev–Trinajstić information content (AvgIpc) is 2.50. The number of allylic oxidation sites excluding steroid dienone is 5. The van der Waals surface area contributed by atoms with Crippen LogP contribution < -0.4 is 0 Å². The Morgan fingerprint density at radius 3 is 2.00 bits per heavy atom. The minimum absolute atomic E-state index is 0.466. The molecule has 0 amide bonds. The van der Waals surface area contributed by atoms with Gasteiger partial charge in [-0.2, -0.15) is 0 Å². The van der Waals surface area contributed by atoms with Gasteiger partial charge in [0.05, 0.1) is 0 Å². The molecule has 1 aliphatic rings. The summed E-state index contributed by atoms with van der Waals surface area (Å²) in [6.07, 6.45) is 11.6. The number of hydrogen-bond donors (Lipinski definition) is 0. The van der Waals surface area contributed by atoms with Gasteiger partial charge in [-0.15, -0.1) is 0 Å². The second-order valence-electron chi connectivity index (χ2n) is 5.23. The van der Waals surface area contributed by atoms with Crippen molar-refractivity contribution in [3.63, 3.8) is 0 Å². The van der Waals surface area contributed by atoms with Crippen molar-refractivity contribution in [1.29, 1.82) is 0 Å². The van der Waals surface area contributed by atoms with E-state index in [1.165, 1.54) is 6.04 Å². The summed E-state index contributed by atoms with van der Waals surface area (Å²) in [5, 5.41) is 7.60. The van der Waals surface area contributed by atoms with Gasteiger partial charge in [-0.05, 0) is 0 Å². The summed E-state index contributed by atoms with van der Waals surface area (Å²) < 4.78 is 0.466. The molecule has 0 saturated heterocycles. The molecular formula is C13H24PtSi. The summed E-state index contributed by atoms with van der Waals surface area (Å²) >= 11 is -1.66. The fourth-order valence-corrected chi connectivity index (χ4v) is 23.0. The molecule has 0 spiro atoms. The van der Waals surface area contributed by atoms with Gasteiger partial charge in [-0.1, -0.05) is 0 Å². The third-order valence-electron chi connectivity index (χ3n) is 3.20. The third-order valence-corrected chi connectivity index (χ3v) is 21.7. The first-order valence-electron chi connectivity index (χ1n) is 5.10. The molecule has 0 heterocycles. The molecule has 1 aliphatic carbocycles. The van der Waals surface area contributed by atoms with E-state index in [9.17, 15) is 0 Å². The summed E-state index contributed by atoms with van der Waals surface area (Å²) in [5.41, 5.74) is 0. The Hall–Kier alpha value is 0.125. The molecule has 0 aromatic rings. The van der Waals surface area contributed by atoms with Crippen LogP contribution in [0.3, 0.4) is 0 Å². The molecule has 0 unspecified atom stereocenters. The van der Waals surface area contributed by atoms with Crippen LogP contribution in [0, 0.1) is 0 Å². The van der Waals surface area contributed by atoms with E-state index in [0.29, 0.717) is 3.43 Å². The summed E-state index contributed by atoms with van der Waals surface area (Å²) in [6, 6.07) is 1.22. The van der Waals surface area contributed by atoms with Gasteiger partial charge in [0.2, 0.25) is 0 Å². The van der Waals surface area contributed by atoms with Gasteiger partial charge < -0.3 is 0 Å². The zero-order chi connectivity index (χ0) is 11.7. The monoisotopic (exact) mass is 403 g/mol. The van der Waals surface area contributed by atoms with Crippen LogP contribution in [0.25, 0.3) is 0 Å². The Kier molecular flexibility index (Phi) is 3.68. The Bertz CT molecular complexity index is 293. The molecule has 0 aromatic heterocycles. The molecule has 90 valence electrons. The molecule has 0 saturated carbocycles. The van der Waals surface area contributed by atoms with E-state index in [2.05, 4.69) is 66.0 Å². The fourth-order valence-electron chi connectivity index (χ4n) is 2.36. The van der Waals surface area contributed by atoms with Crippen LogP contribution in [0.1, 0.15) is 0 Å². The Balaban J connectivity index is 3.19. The van der Waals surface area contributed by atoms with Gasteiger partial charge in [0, 0.05) is 0 Å². The Morgan fingerprint density at radius 2 is 1.67 bits per heavy atom. The average molecular weight is 403 g/mol. The summed E-state index contributed by atoms with van der Waals surface area (Å²) in [5.74, 6) is 0. The van der Waals surface area contributed by atoms with E-state index >= 15 is 0 Å². The van der Waals surface area contributed by atoms with Gasteiger partial charge in [-0.25, -0.2) is 0 Å². The van der Waals surface area contributed by atoms with Gasteiger partial charge in [0.25, 0.3) is 0 Å². The maximum atomic E-state index is 3.94. The van der Waals surface area contributed by atoms with Crippen molar-refractivity contribution in [2.24, 2.45) is 0 Å².